The van der Waals surface area contributed by atoms with Crippen LogP contribution >= 0.6 is 0 Å². The molecule has 2 aliphatic heterocycles. The summed E-state index contributed by atoms with van der Waals surface area (Å²) in [5, 5.41) is 10.2. The van der Waals surface area contributed by atoms with Crippen LogP contribution in [0.4, 0.5) is 0 Å². The van der Waals surface area contributed by atoms with E-state index in [2.05, 4.69) is 41.1 Å². The molecule has 2 fully saturated rings. The lowest BCUT2D eigenvalue weighted by Crippen LogP contribution is -2.40. The first kappa shape index (κ1) is 17.7. The molecule has 0 bridgehead atoms. The minimum Gasteiger partial charge on any atom is -0.396 e. The molecular weight excluding hydrogens is 326 g/mol. The Bertz CT molecular complexity index is 679. The van der Waals surface area contributed by atoms with Gasteiger partial charge in [-0.15, -0.1) is 0 Å². The predicted octanol–water partition coefficient (Wildman–Crippen LogP) is 1.86. The Morgan fingerprint density at radius 1 is 1.27 bits per heavy atom. The van der Waals surface area contributed by atoms with Gasteiger partial charge >= 0.3 is 0 Å². The van der Waals surface area contributed by atoms with Gasteiger partial charge in [-0.1, -0.05) is 25.1 Å². The summed E-state index contributed by atoms with van der Waals surface area (Å²) in [5.41, 5.74) is 2.18. The van der Waals surface area contributed by atoms with E-state index in [4.69, 9.17) is 0 Å². The van der Waals surface area contributed by atoms with Gasteiger partial charge in [-0.2, -0.15) is 0 Å². The van der Waals surface area contributed by atoms with E-state index < -0.39 is 0 Å². The first-order valence-electron chi connectivity index (χ1n) is 9.84. The lowest BCUT2D eigenvalue weighted by Gasteiger charge is -2.28. The molecule has 0 aromatic carbocycles. The number of aliphatic hydroxyl groups is 1. The van der Waals surface area contributed by atoms with E-state index >= 15 is 0 Å². The van der Waals surface area contributed by atoms with Crippen molar-refractivity contribution in [3.05, 3.63) is 41.7 Å². The molecule has 2 saturated heterocycles. The number of nitrogens with zero attached hydrogens (tertiary/aromatic N) is 3. The van der Waals surface area contributed by atoms with E-state index in [9.17, 15) is 9.90 Å². The maximum Gasteiger partial charge on any atom is 0.226 e. The monoisotopic (exact) mass is 355 g/mol. The average molecular weight is 355 g/mol. The van der Waals surface area contributed by atoms with Gasteiger partial charge in [-0.05, 0) is 36.8 Å². The van der Waals surface area contributed by atoms with Crippen molar-refractivity contribution in [2.24, 2.45) is 17.3 Å². The summed E-state index contributed by atoms with van der Waals surface area (Å²) < 4.78 is 0. The minimum absolute atomic E-state index is 0.127. The van der Waals surface area contributed by atoms with Gasteiger partial charge in [0.05, 0.1) is 12.3 Å². The molecule has 1 aromatic rings. The van der Waals surface area contributed by atoms with Crippen molar-refractivity contribution < 1.29 is 9.90 Å². The van der Waals surface area contributed by atoms with Crippen molar-refractivity contribution in [1.82, 2.24) is 14.8 Å². The standard InChI is InChI=1S/C21H29N3O2/c1-2-16-7-8-19(22-9-16)12-23-10-18-11-24(14-21(18,13-23)15-25)20(26)17-5-3-4-6-17/h3-4,7-9,17-18,25H,2,5-6,10-15H2,1H3. The maximum atomic E-state index is 12.8. The third-order valence-corrected chi connectivity index (χ3v) is 6.49. The van der Waals surface area contributed by atoms with Gasteiger partial charge in [0.15, 0.2) is 0 Å². The molecule has 5 nitrogen and oxygen atoms in total. The van der Waals surface area contributed by atoms with Gasteiger partial charge in [-0.25, -0.2) is 0 Å². The quantitative estimate of drug-likeness (QED) is 0.819. The van der Waals surface area contributed by atoms with E-state index in [1.165, 1.54) is 5.56 Å². The summed E-state index contributed by atoms with van der Waals surface area (Å²) in [6.45, 7) is 6.38. The van der Waals surface area contributed by atoms with Crippen molar-refractivity contribution in [3.8, 4) is 0 Å². The normalized spacial score (nSPS) is 28.8. The maximum absolute atomic E-state index is 12.8. The predicted molar refractivity (Wildman–Crippen MR) is 100 cm³/mol. The van der Waals surface area contributed by atoms with Crippen LogP contribution in [0.25, 0.3) is 0 Å². The first-order valence-corrected chi connectivity index (χ1v) is 9.84. The molecule has 5 heteroatoms. The number of aliphatic hydroxyl groups excluding tert-OH is 1. The summed E-state index contributed by atoms with van der Waals surface area (Å²) in [6.07, 6.45) is 8.94. The fourth-order valence-corrected chi connectivity index (χ4v) is 4.87. The molecule has 26 heavy (non-hydrogen) atoms. The number of aromatic nitrogens is 1. The van der Waals surface area contributed by atoms with E-state index in [0.29, 0.717) is 12.5 Å². The second kappa shape index (κ2) is 7.12. The van der Waals surface area contributed by atoms with Crippen LogP contribution < -0.4 is 0 Å². The van der Waals surface area contributed by atoms with Crippen LogP contribution in [0.5, 0.6) is 0 Å². The van der Waals surface area contributed by atoms with Crippen molar-refractivity contribution in [2.45, 2.75) is 32.7 Å². The Labute approximate surface area is 155 Å². The number of hydrogen-bond acceptors (Lipinski definition) is 4. The number of allylic oxidation sites excluding steroid dienone is 2. The number of carbonyl (C=O) groups excluding carboxylic acids is 1. The summed E-state index contributed by atoms with van der Waals surface area (Å²) in [4.78, 5) is 21.7. The fraction of sp³-hybridized carbons (Fsp3) is 0.619. The molecule has 4 rings (SSSR count). The summed E-state index contributed by atoms with van der Waals surface area (Å²) >= 11 is 0. The van der Waals surface area contributed by atoms with Crippen molar-refractivity contribution in [2.75, 3.05) is 32.8 Å². The van der Waals surface area contributed by atoms with Gasteiger partial charge in [0.25, 0.3) is 0 Å². The Balaban J connectivity index is 1.39. The van der Waals surface area contributed by atoms with E-state index in [0.717, 1.165) is 51.1 Å². The highest BCUT2D eigenvalue weighted by Gasteiger charge is 2.53. The molecule has 3 aliphatic rings. The number of aryl methyl sites for hydroxylation is 1. The SMILES string of the molecule is CCc1ccc(CN2CC3CN(C(=O)C4CC=CC4)CC3(CO)C2)nc1. The number of fused-ring (bicyclic) bond motifs is 1. The highest BCUT2D eigenvalue weighted by Crippen LogP contribution is 2.43. The molecule has 1 aromatic heterocycles. The molecule has 1 N–H and O–H groups in total. The van der Waals surface area contributed by atoms with Crippen LogP contribution in [-0.2, 0) is 17.8 Å². The summed E-state index contributed by atoms with van der Waals surface area (Å²) in [7, 11) is 0. The zero-order valence-electron chi connectivity index (χ0n) is 15.6. The zero-order valence-corrected chi connectivity index (χ0v) is 15.6. The minimum atomic E-state index is -0.162. The van der Waals surface area contributed by atoms with E-state index in [1.54, 1.807) is 0 Å². The molecule has 2 unspecified atom stereocenters. The first-order chi connectivity index (χ1) is 12.6. The molecule has 1 amide bonds. The third kappa shape index (κ3) is 3.19. The van der Waals surface area contributed by atoms with E-state index in [1.807, 2.05) is 11.1 Å². The second-order valence-corrected chi connectivity index (χ2v) is 8.26. The lowest BCUT2D eigenvalue weighted by atomic mass is 9.82. The van der Waals surface area contributed by atoms with Gasteiger partial charge in [0.2, 0.25) is 5.91 Å². The van der Waals surface area contributed by atoms with Crippen molar-refractivity contribution >= 4 is 5.91 Å². The van der Waals surface area contributed by atoms with Crippen molar-refractivity contribution in [3.63, 3.8) is 0 Å². The van der Waals surface area contributed by atoms with Crippen molar-refractivity contribution in [1.29, 1.82) is 0 Å². The third-order valence-electron chi connectivity index (χ3n) is 6.49. The molecule has 0 saturated carbocycles. The molecule has 3 heterocycles. The van der Waals surface area contributed by atoms with Crippen LogP contribution in [0.15, 0.2) is 30.5 Å². The molecule has 0 spiro atoms. The Kier molecular flexibility index (Phi) is 4.84. The Morgan fingerprint density at radius 3 is 2.69 bits per heavy atom. The molecule has 2 atom stereocenters. The number of likely N-dealkylation sites (tertiary alicyclic amines) is 2. The molecular formula is C21H29N3O2. The van der Waals surface area contributed by atoms with Crippen LogP contribution in [0.2, 0.25) is 0 Å². The van der Waals surface area contributed by atoms with Gasteiger partial charge in [0.1, 0.15) is 0 Å². The van der Waals surface area contributed by atoms with Gasteiger partial charge in [-0.3, -0.25) is 14.7 Å². The number of carbonyl (C=O) groups is 1. The highest BCUT2D eigenvalue weighted by molar-refractivity contribution is 5.80. The Hall–Kier alpha value is -1.72. The fourth-order valence-electron chi connectivity index (χ4n) is 4.87. The zero-order chi connectivity index (χ0) is 18.1. The number of pyridine rings is 1. The summed E-state index contributed by atoms with van der Waals surface area (Å²) in [5.74, 6) is 0.767. The van der Waals surface area contributed by atoms with Crippen LogP contribution in [0.1, 0.15) is 31.0 Å². The van der Waals surface area contributed by atoms with Crippen LogP contribution in [-0.4, -0.2) is 58.6 Å². The molecule has 1 aliphatic carbocycles. The highest BCUT2D eigenvalue weighted by atomic mass is 16.3. The molecule has 0 radical (unpaired) electrons. The molecule has 140 valence electrons. The number of rotatable bonds is 5. The van der Waals surface area contributed by atoms with Crippen LogP contribution in [0.3, 0.4) is 0 Å². The topological polar surface area (TPSA) is 56.7 Å². The largest absolute Gasteiger partial charge is 0.396 e. The smallest absolute Gasteiger partial charge is 0.226 e. The van der Waals surface area contributed by atoms with Gasteiger partial charge < -0.3 is 10.0 Å². The summed E-state index contributed by atoms with van der Waals surface area (Å²) in [6, 6.07) is 4.26. The number of hydrogen-bond donors (Lipinski definition) is 1. The Morgan fingerprint density at radius 2 is 2.08 bits per heavy atom. The second-order valence-electron chi connectivity index (χ2n) is 8.26. The van der Waals surface area contributed by atoms with Gasteiger partial charge in [0, 0.05) is 50.3 Å². The van der Waals surface area contributed by atoms with Crippen LogP contribution in [0, 0.1) is 17.3 Å². The number of amides is 1. The average Bonchev–Trinajstić information content (AvgIpc) is 3.36. The van der Waals surface area contributed by atoms with E-state index in [-0.39, 0.29) is 23.8 Å². The lowest BCUT2D eigenvalue weighted by molar-refractivity contribution is -0.134.